The molecule has 0 aliphatic carbocycles. The molecule has 4 rings (SSSR count). The summed E-state index contributed by atoms with van der Waals surface area (Å²) in [6.07, 6.45) is 0. The largest absolute Gasteiger partial charge is 0.496 e. The molecule has 0 spiro atoms. The first-order chi connectivity index (χ1) is 12.7. The van der Waals surface area contributed by atoms with Gasteiger partial charge in [-0.05, 0) is 29.3 Å². The van der Waals surface area contributed by atoms with Gasteiger partial charge >= 0.3 is 0 Å². The Kier molecular flexibility index (Phi) is 3.85. The van der Waals surface area contributed by atoms with Gasteiger partial charge in [0.15, 0.2) is 5.58 Å². The molecule has 0 N–H and O–H groups in total. The topological polar surface area (TPSA) is 78.4 Å². The fourth-order valence-electron chi connectivity index (χ4n) is 2.83. The lowest BCUT2D eigenvalue weighted by atomic mass is 10.1. The molecule has 0 saturated heterocycles. The number of nitrogens with zero attached hydrogens (tertiary/aromatic N) is 2. The summed E-state index contributed by atoms with van der Waals surface area (Å²) >= 11 is 0. The SMILES string of the molecule is COc1ccc([N+](=O)[O-])cc1-c1nc2cc(-c3ccccc3)ccc2o1. The lowest BCUT2D eigenvalue weighted by molar-refractivity contribution is -0.384. The molecule has 4 aromatic rings. The number of nitro groups is 1. The normalized spacial score (nSPS) is 10.8. The minimum atomic E-state index is -0.459. The highest BCUT2D eigenvalue weighted by Crippen LogP contribution is 2.35. The number of hydrogen-bond donors (Lipinski definition) is 0. The van der Waals surface area contributed by atoms with E-state index in [1.54, 1.807) is 0 Å². The van der Waals surface area contributed by atoms with Crippen LogP contribution in [0, 0.1) is 10.1 Å². The molecule has 0 aliphatic rings. The van der Waals surface area contributed by atoms with E-state index in [9.17, 15) is 10.1 Å². The lowest BCUT2D eigenvalue weighted by Crippen LogP contribution is -1.92. The molecule has 0 bridgehead atoms. The van der Waals surface area contributed by atoms with Crippen LogP contribution in [-0.2, 0) is 0 Å². The van der Waals surface area contributed by atoms with Crippen molar-refractivity contribution in [3.63, 3.8) is 0 Å². The number of hydrogen-bond acceptors (Lipinski definition) is 5. The number of fused-ring (bicyclic) bond motifs is 1. The first-order valence-corrected chi connectivity index (χ1v) is 7.94. The quantitative estimate of drug-likeness (QED) is 0.380. The van der Waals surface area contributed by atoms with Crippen molar-refractivity contribution in [1.82, 2.24) is 4.98 Å². The van der Waals surface area contributed by atoms with Gasteiger partial charge in [0.2, 0.25) is 5.89 Å². The molecule has 0 fully saturated rings. The second kappa shape index (κ2) is 6.33. The third kappa shape index (κ3) is 2.77. The zero-order valence-electron chi connectivity index (χ0n) is 13.9. The summed E-state index contributed by atoms with van der Waals surface area (Å²) in [5.74, 6) is 0.746. The minimum absolute atomic E-state index is 0.0481. The Morgan fingerprint density at radius 2 is 1.81 bits per heavy atom. The number of benzene rings is 3. The molecular formula is C20H14N2O4. The van der Waals surface area contributed by atoms with Crippen LogP contribution in [0.15, 0.2) is 71.1 Å². The zero-order valence-corrected chi connectivity index (χ0v) is 13.9. The number of ether oxygens (including phenoxy) is 1. The van der Waals surface area contributed by atoms with Gasteiger partial charge in [0, 0.05) is 12.1 Å². The third-order valence-corrected chi connectivity index (χ3v) is 4.12. The van der Waals surface area contributed by atoms with Crippen LogP contribution in [0.3, 0.4) is 0 Å². The van der Waals surface area contributed by atoms with Gasteiger partial charge in [0.1, 0.15) is 11.3 Å². The zero-order chi connectivity index (χ0) is 18.1. The van der Waals surface area contributed by atoms with Crippen LogP contribution in [-0.4, -0.2) is 17.0 Å². The fourth-order valence-corrected chi connectivity index (χ4v) is 2.83. The van der Waals surface area contributed by atoms with Crippen molar-refractivity contribution in [2.75, 3.05) is 7.11 Å². The lowest BCUT2D eigenvalue weighted by Gasteiger charge is -2.04. The van der Waals surface area contributed by atoms with Crippen molar-refractivity contribution < 1.29 is 14.1 Å². The van der Waals surface area contributed by atoms with Crippen LogP contribution >= 0.6 is 0 Å². The summed E-state index contributed by atoms with van der Waals surface area (Å²) in [6.45, 7) is 0. The Morgan fingerprint density at radius 1 is 1.00 bits per heavy atom. The molecule has 0 amide bonds. The van der Waals surface area contributed by atoms with E-state index >= 15 is 0 Å². The average molecular weight is 346 g/mol. The van der Waals surface area contributed by atoms with Crippen LogP contribution in [0.1, 0.15) is 0 Å². The molecule has 0 unspecified atom stereocenters. The smallest absolute Gasteiger partial charge is 0.270 e. The standard InChI is InChI=1S/C20H14N2O4/c1-25-18-10-8-15(22(23)24)12-16(18)20-21-17-11-14(7-9-19(17)26-20)13-5-3-2-4-6-13/h2-12H,1H3. The Morgan fingerprint density at radius 3 is 2.54 bits per heavy atom. The van der Waals surface area contributed by atoms with E-state index < -0.39 is 4.92 Å². The Hall–Kier alpha value is -3.67. The van der Waals surface area contributed by atoms with Gasteiger partial charge in [0.05, 0.1) is 17.6 Å². The van der Waals surface area contributed by atoms with E-state index in [-0.39, 0.29) is 11.6 Å². The Labute approximate surface area is 148 Å². The maximum atomic E-state index is 11.1. The van der Waals surface area contributed by atoms with Gasteiger partial charge in [0.25, 0.3) is 5.69 Å². The number of aromatic nitrogens is 1. The monoisotopic (exact) mass is 346 g/mol. The van der Waals surface area contributed by atoms with Crippen LogP contribution < -0.4 is 4.74 Å². The first kappa shape index (κ1) is 15.8. The van der Waals surface area contributed by atoms with Gasteiger partial charge in [-0.1, -0.05) is 36.4 Å². The maximum absolute atomic E-state index is 11.1. The Bertz CT molecular complexity index is 1100. The van der Waals surface area contributed by atoms with Crippen molar-refractivity contribution in [2.45, 2.75) is 0 Å². The molecule has 26 heavy (non-hydrogen) atoms. The van der Waals surface area contributed by atoms with Gasteiger partial charge in [-0.2, -0.15) is 0 Å². The average Bonchev–Trinajstić information content (AvgIpc) is 3.11. The first-order valence-electron chi connectivity index (χ1n) is 7.94. The number of oxazole rings is 1. The highest BCUT2D eigenvalue weighted by molar-refractivity contribution is 5.83. The molecule has 3 aromatic carbocycles. The molecule has 0 radical (unpaired) electrons. The van der Waals surface area contributed by atoms with Crippen LogP contribution in [0.4, 0.5) is 5.69 Å². The second-order valence-corrected chi connectivity index (χ2v) is 5.71. The van der Waals surface area contributed by atoms with Gasteiger partial charge < -0.3 is 9.15 Å². The van der Waals surface area contributed by atoms with Gasteiger partial charge in [-0.3, -0.25) is 10.1 Å². The summed E-state index contributed by atoms with van der Waals surface area (Å²) < 4.78 is 11.1. The van der Waals surface area contributed by atoms with E-state index in [4.69, 9.17) is 9.15 Å². The summed E-state index contributed by atoms with van der Waals surface area (Å²) in [7, 11) is 1.50. The van der Waals surface area contributed by atoms with Crippen LogP contribution in [0.25, 0.3) is 33.7 Å². The highest BCUT2D eigenvalue weighted by Gasteiger charge is 2.18. The highest BCUT2D eigenvalue weighted by atomic mass is 16.6. The predicted octanol–water partition coefficient (Wildman–Crippen LogP) is 5.08. The summed E-state index contributed by atoms with van der Waals surface area (Å²) in [6, 6.07) is 20.0. The molecular weight excluding hydrogens is 332 g/mol. The van der Waals surface area contributed by atoms with Crippen LogP contribution in [0.2, 0.25) is 0 Å². The fraction of sp³-hybridized carbons (Fsp3) is 0.0500. The third-order valence-electron chi connectivity index (χ3n) is 4.12. The van der Waals surface area contributed by atoms with Crippen molar-refractivity contribution in [1.29, 1.82) is 0 Å². The molecule has 1 aromatic heterocycles. The molecule has 1 heterocycles. The predicted molar refractivity (Wildman–Crippen MR) is 98.1 cm³/mol. The Balaban J connectivity index is 1.83. The van der Waals surface area contributed by atoms with Gasteiger partial charge in [-0.25, -0.2) is 4.98 Å². The number of non-ortho nitro benzene ring substituents is 1. The number of methoxy groups -OCH3 is 1. The molecule has 128 valence electrons. The summed E-state index contributed by atoms with van der Waals surface area (Å²) in [4.78, 5) is 15.1. The summed E-state index contributed by atoms with van der Waals surface area (Å²) in [5, 5.41) is 11.1. The van der Waals surface area contributed by atoms with E-state index in [1.807, 2.05) is 48.5 Å². The van der Waals surface area contributed by atoms with Crippen molar-refractivity contribution in [3.05, 3.63) is 76.8 Å². The van der Waals surface area contributed by atoms with E-state index in [0.717, 1.165) is 11.1 Å². The molecule has 0 atom stereocenters. The maximum Gasteiger partial charge on any atom is 0.270 e. The molecule has 6 heteroatoms. The minimum Gasteiger partial charge on any atom is -0.496 e. The molecule has 0 aliphatic heterocycles. The van der Waals surface area contributed by atoms with Crippen molar-refractivity contribution in [2.24, 2.45) is 0 Å². The van der Waals surface area contributed by atoms with Crippen LogP contribution in [0.5, 0.6) is 5.75 Å². The van der Waals surface area contributed by atoms with Gasteiger partial charge in [-0.15, -0.1) is 0 Å². The molecule has 6 nitrogen and oxygen atoms in total. The van der Waals surface area contributed by atoms with E-state index in [0.29, 0.717) is 22.4 Å². The molecule has 0 saturated carbocycles. The number of rotatable bonds is 4. The summed E-state index contributed by atoms with van der Waals surface area (Å²) in [5.41, 5.74) is 3.77. The van der Waals surface area contributed by atoms with Crippen molar-refractivity contribution in [3.8, 4) is 28.3 Å². The van der Waals surface area contributed by atoms with Crippen molar-refractivity contribution >= 4 is 16.8 Å². The van der Waals surface area contributed by atoms with E-state index in [1.165, 1.54) is 25.3 Å². The number of nitro benzene ring substituents is 1. The second-order valence-electron chi connectivity index (χ2n) is 5.71. The van der Waals surface area contributed by atoms with E-state index in [2.05, 4.69) is 4.98 Å².